The van der Waals surface area contributed by atoms with Gasteiger partial charge in [-0.25, -0.2) is 4.39 Å². The van der Waals surface area contributed by atoms with Crippen molar-refractivity contribution in [3.63, 3.8) is 0 Å². The molecule has 2 N–H and O–H groups in total. The predicted octanol–water partition coefficient (Wildman–Crippen LogP) is 3.53. The van der Waals surface area contributed by atoms with E-state index >= 15 is 0 Å². The summed E-state index contributed by atoms with van der Waals surface area (Å²) in [5.41, 5.74) is 8.33. The Bertz CT molecular complexity index is 611. The van der Waals surface area contributed by atoms with Crippen molar-refractivity contribution in [2.24, 2.45) is 5.73 Å². The Kier molecular flexibility index (Phi) is 4.25. The average Bonchev–Trinajstić information content (AvgIpc) is 2.45. The molecule has 4 heteroatoms. The molecule has 3 nitrogen and oxygen atoms in total. The van der Waals surface area contributed by atoms with Crippen molar-refractivity contribution < 1.29 is 13.9 Å². The molecule has 1 atom stereocenters. The van der Waals surface area contributed by atoms with Crippen molar-refractivity contribution in [3.05, 3.63) is 47.8 Å². The molecule has 20 heavy (non-hydrogen) atoms. The first kappa shape index (κ1) is 14.3. The van der Waals surface area contributed by atoms with Crippen LogP contribution in [0.25, 0.3) is 11.1 Å². The van der Waals surface area contributed by atoms with Crippen LogP contribution < -0.4 is 15.2 Å². The van der Waals surface area contributed by atoms with E-state index in [1.54, 1.807) is 20.3 Å². The normalized spacial score (nSPS) is 12.1. The summed E-state index contributed by atoms with van der Waals surface area (Å²) >= 11 is 0. The first-order chi connectivity index (χ1) is 9.56. The molecule has 0 aliphatic carbocycles. The van der Waals surface area contributed by atoms with Crippen LogP contribution in [0, 0.1) is 5.82 Å². The van der Waals surface area contributed by atoms with Crippen LogP contribution in [0.5, 0.6) is 11.5 Å². The van der Waals surface area contributed by atoms with Gasteiger partial charge >= 0.3 is 0 Å². The number of ether oxygens (including phenoxy) is 2. The number of methoxy groups -OCH3 is 2. The quantitative estimate of drug-likeness (QED) is 0.928. The van der Waals surface area contributed by atoms with E-state index in [1.807, 2.05) is 25.1 Å². The molecule has 1 unspecified atom stereocenters. The summed E-state index contributed by atoms with van der Waals surface area (Å²) in [5.74, 6) is 0.860. The highest BCUT2D eigenvalue weighted by Gasteiger charge is 2.15. The zero-order chi connectivity index (χ0) is 14.7. The van der Waals surface area contributed by atoms with Crippen LogP contribution in [0.1, 0.15) is 18.5 Å². The summed E-state index contributed by atoms with van der Waals surface area (Å²) in [6.45, 7) is 1.89. The monoisotopic (exact) mass is 275 g/mol. The van der Waals surface area contributed by atoms with Gasteiger partial charge in [-0.15, -0.1) is 0 Å². The Morgan fingerprint density at radius 1 is 1.10 bits per heavy atom. The standard InChI is InChI=1S/C16H18FNO2/c1-10(18)12-8-14(11-5-4-6-13(17)7-11)16(20-3)15(9-12)19-2/h4-10H,18H2,1-3H3. The molecule has 0 bridgehead atoms. The first-order valence-electron chi connectivity index (χ1n) is 6.34. The van der Waals surface area contributed by atoms with Crippen molar-refractivity contribution in [1.82, 2.24) is 0 Å². The van der Waals surface area contributed by atoms with Gasteiger partial charge in [-0.05, 0) is 42.3 Å². The summed E-state index contributed by atoms with van der Waals surface area (Å²) in [4.78, 5) is 0. The highest BCUT2D eigenvalue weighted by molar-refractivity contribution is 5.75. The SMILES string of the molecule is COc1cc(C(C)N)cc(-c2cccc(F)c2)c1OC. The number of hydrogen-bond donors (Lipinski definition) is 1. The molecule has 0 fully saturated rings. The predicted molar refractivity (Wildman–Crippen MR) is 77.5 cm³/mol. The second-order valence-corrected chi connectivity index (χ2v) is 4.60. The molecular formula is C16H18FNO2. The minimum atomic E-state index is -0.297. The third-order valence-electron chi connectivity index (χ3n) is 3.16. The number of benzene rings is 2. The lowest BCUT2D eigenvalue weighted by Crippen LogP contribution is -2.06. The van der Waals surface area contributed by atoms with Gasteiger partial charge in [0, 0.05) is 11.6 Å². The van der Waals surface area contributed by atoms with Gasteiger partial charge in [0.15, 0.2) is 11.5 Å². The molecule has 2 aromatic rings. The van der Waals surface area contributed by atoms with Gasteiger partial charge in [0.1, 0.15) is 5.82 Å². The van der Waals surface area contributed by atoms with Crippen LogP contribution in [-0.2, 0) is 0 Å². The molecule has 2 aromatic carbocycles. The van der Waals surface area contributed by atoms with E-state index in [-0.39, 0.29) is 11.9 Å². The third kappa shape index (κ3) is 2.75. The van der Waals surface area contributed by atoms with Crippen LogP contribution in [0.15, 0.2) is 36.4 Å². The fourth-order valence-electron chi connectivity index (χ4n) is 2.12. The average molecular weight is 275 g/mol. The molecule has 0 spiro atoms. The van der Waals surface area contributed by atoms with E-state index in [0.717, 1.165) is 16.7 Å². The van der Waals surface area contributed by atoms with E-state index in [0.29, 0.717) is 11.5 Å². The van der Waals surface area contributed by atoms with E-state index in [1.165, 1.54) is 12.1 Å². The smallest absolute Gasteiger partial charge is 0.168 e. The lowest BCUT2D eigenvalue weighted by Gasteiger charge is -2.17. The largest absolute Gasteiger partial charge is 0.493 e. The van der Waals surface area contributed by atoms with Gasteiger partial charge in [0.05, 0.1) is 14.2 Å². The molecule has 0 saturated heterocycles. The molecule has 0 aliphatic rings. The molecule has 0 saturated carbocycles. The van der Waals surface area contributed by atoms with E-state index in [2.05, 4.69) is 0 Å². The minimum absolute atomic E-state index is 0.151. The zero-order valence-electron chi connectivity index (χ0n) is 11.8. The van der Waals surface area contributed by atoms with Crippen LogP contribution in [-0.4, -0.2) is 14.2 Å². The highest BCUT2D eigenvalue weighted by Crippen LogP contribution is 2.40. The molecule has 0 heterocycles. The fourth-order valence-corrected chi connectivity index (χ4v) is 2.12. The maximum atomic E-state index is 13.4. The van der Waals surface area contributed by atoms with E-state index in [9.17, 15) is 4.39 Å². The van der Waals surface area contributed by atoms with Gasteiger partial charge in [0.25, 0.3) is 0 Å². The number of nitrogens with two attached hydrogens (primary N) is 1. The zero-order valence-corrected chi connectivity index (χ0v) is 11.8. The topological polar surface area (TPSA) is 44.5 Å². The molecule has 2 rings (SSSR count). The Labute approximate surface area is 118 Å². The van der Waals surface area contributed by atoms with Crippen LogP contribution >= 0.6 is 0 Å². The Morgan fingerprint density at radius 2 is 1.85 bits per heavy atom. The van der Waals surface area contributed by atoms with Gasteiger partial charge in [-0.1, -0.05) is 12.1 Å². The number of hydrogen-bond acceptors (Lipinski definition) is 3. The van der Waals surface area contributed by atoms with Crippen molar-refractivity contribution in [2.45, 2.75) is 13.0 Å². The maximum absolute atomic E-state index is 13.4. The summed E-state index contributed by atoms with van der Waals surface area (Å²) in [6, 6.07) is 9.94. The molecule has 0 aromatic heterocycles. The fraction of sp³-hybridized carbons (Fsp3) is 0.250. The van der Waals surface area contributed by atoms with Gasteiger partial charge < -0.3 is 15.2 Å². The van der Waals surface area contributed by atoms with Crippen LogP contribution in [0.4, 0.5) is 4.39 Å². The molecule has 0 aliphatic heterocycles. The Hall–Kier alpha value is -2.07. The molecular weight excluding hydrogens is 257 g/mol. The van der Waals surface area contributed by atoms with Crippen molar-refractivity contribution in [1.29, 1.82) is 0 Å². The molecule has 0 amide bonds. The maximum Gasteiger partial charge on any atom is 0.168 e. The number of rotatable bonds is 4. The molecule has 0 radical (unpaired) electrons. The summed E-state index contributed by atoms with van der Waals surface area (Å²) in [5, 5.41) is 0. The van der Waals surface area contributed by atoms with Crippen molar-refractivity contribution in [2.75, 3.05) is 14.2 Å². The summed E-state index contributed by atoms with van der Waals surface area (Å²) in [6.07, 6.45) is 0. The second kappa shape index (κ2) is 5.92. The van der Waals surface area contributed by atoms with E-state index < -0.39 is 0 Å². The van der Waals surface area contributed by atoms with E-state index in [4.69, 9.17) is 15.2 Å². The van der Waals surface area contributed by atoms with Crippen molar-refractivity contribution in [3.8, 4) is 22.6 Å². The lowest BCUT2D eigenvalue weighted by molar-refractivity contribution is 0.355. The Balaban J connectivity index is 2.68. The number of halogens is 1. The first-order valence-corrected chi connectivity index (χ1v) is 6.34. The highest BCUT2D eigenvalue weighted by atomic mass is 19.1. The van der Waals surface area contributed by atoms with Crippen LogP contribution in [0.3, 0.4) is 0 Å². The molecule has 106 valence electrons. The van der Waals surface area contributed by atoms with Crippen LogP contribution in [0.2, 0.25) is 0 Å². The second-order valence-electron chi connectivity index (χ2n) is 4.60. The lowest BCUT2D eigenvalue weighted by atomic mass is 9.98. The minimum Gasteiger partial charge on any atom is -0.493 e. The van der Waals surface area contributed by atoms with Gasteiger partial charge in [-0.2, -0.15) is 0 Å². The van der Waals surface area contributed by atoms with Gasteiger partial charge in [-0.3, -0.25) is 0 Å². The summed E-state index contributed by atoms with van der Waals surface area (Å²) < 4.78 is 24.2. The third-order valence-corrected chi connectivity index (χ3v) is 3.16. The summed E-state index contributed by atoms with van der Waals surface area (Å²) in [7, 11) is 3.13. The Morgan fingerprint density at radius 3 is 2.40 bits per heavy atom. The van der Waals surface area contributed by atoms with Crippen molar-refractivity contribution >= 4 is 0 Å². The van der Waals surface area contributed by atoms with Gasteiger partial charge in [0.2, 0.25) is 0 Å².